The molecular weight excluding hydrogens is 237 g/mol. The minimum Gasteiger partial charge on any atom is -0.481 e. The zero-order valence-electron chi connectivity index (χ0n) is 10.5. The molecular formula is C13H20FNO3. The SMILES string of the molecule is O=C(O)CC1(NC(=O)C2CCCC(F)C2)CCC1. The molecule has 1 amide bonds. The lowest BCUT2D eigenvalue weighted by atomic mass is 9.73. The molecule has 2 saturated carbocycles. The van der Waals surface area contributed by atoms with Crippen molar-refractivity contribution in [1.29, 1.82) is 0 Å². The standard InChI is InChI=1S/C13H20FNO3/c14-10-4-1-3-9(7-10)12(18)15-13(5-2-6-13)8-11(16)17/h9-10H,1-8H2,(H,15,18)(H,16,17). The molecule has 2 fully saturated rings. The highest BCUT2D eigenvalue weighted by Gasteiger charge is 2.41. The number of carboxylic acid groups (broad SMARTS) is 1. The first-order chi connectivity index (χ1) is 8.51. The van der Waals surface area contributed by atoms with Crippen LogP contribution in [0.3, 0.4) is 0 Å². The number of carboxylic acids is 1. The molecule has 0 aromatic carbocycles. The highest BCUT2D eigenvalue weighted by atomic mass is 19.1. The van der Waals surface area contributed by atoms with Crippen LogP contribution in [0.4, 0.5) is 4.39 Å². The van der Waals surface area contributed by atoms with Crippen molar-refractivity contribution in [2.75, 3.05) is 0 Å². The molecule has 2 rings (SSSR count). The van der Waals surface area contributed by atoms with Crippen molar-refractivity contribution in [1.82, 2.24) is 5.32 Å². The molecule has 2 aliphatic carbocycles. The molecule has 18 heavy (non-hydrogen) atoms. The molecule has 2 aliphatic rings. The first-order valence-electron chi connectivity index (χ1n) is 6.69. The van der Waals surface area contributed by atoms with E-state index in [1.165, 1.54) is 0 Å². The van der Waals surface area contributed by atoms with Crippen molar-refractivity contribution >= 4 is 11.9 Å². The minimum atomic E-state index is -0.887. The number of hydrogen-bond donors (Lipinski definition) is 2. The highest BCUT2D eigenvalue weighted by Crippen LogP contribution is 2.36. The fourth-order valence-electron chi connectivity index (χ4n) is 2.97. The smallest absolute Gasteiger partial charge is 0.305 e. The number of nitrogens with one attached hydrogen (secondary N) is 1. The number of amides is 1. The van der Waals surface area contributed by atoms with Gasteiger partial charge in [-0.2, -0.15) is 0 Å². The molecule has 0 heterocycles. The maximum Gasteiger partial charge on any atom is 0.305 e. The number of aliphatic carboxylic acids is 1. The molecule has 0 bridgehead atoms. The van der Waals surface area contributed by atoms with Gasteiger partial charge < -0.3 is 10.4 Å². The summed E-state index contributed by atoms with van der Waals surface area (Å²) in [4.78, 5) is 22.9. The molecule has 0 saturated heterocycles. The van der Waals surface area contributed by atoms with Crippen LogP contribution in [0.15, 0.2) is 0 Å². The van der Waals surface area contributed by atoms with Crippen LogP contribution in [0.1, 0.15) is 51.4 Å². The Morgan fingerprint density at radius 1 is 1.28 bits per heavy atom. The third-order valence-electron chi connectivity index (χ3n) is 4.17. The maximum atomic E-state index is 13.3. The van der Waals surface area contributed by atoms with Gasteiger partial charge in [-0.15, -0.1) is 0 Å². The first kappa shape index (κ1) is 13.3. The second kappa shape index (κ2) is 5.24. The van der Waals surface area contributed by atoms with E-state index in [1.54, 1.807) is 0 Å². The summed E-state index contributed by atoms with van der Waals surface area (Å²) >= 11 is 0. The summed E-state index contributed by atoms with van der Waals surface area (Å²) in [6, 6.07) is 0. The van der Waals surface area contributed by atoms with Crippen LogP contribution in [-0.4, -0.2) is 28.7 Å². The summed E-state index contributed by atoms with van der Waals surface area (Å²) in [6.07, 6.45) is 3.77. The third-order valence-corrected chi connectivity index (χ3v) is 4.17. The van der Waals surface area contributed by atoms with E-state index in [2.05, 4.69) is 5.32 Å². The summed E-state index contributed by atoms with van der Waals surface area (Å²) < 4.78 is 13.3. The van der Waals surface area contributed by atoms with Gasteiger partial charge in [-0.25, -0.2) is 4.39 Å². The molecule has 0 aromatic heterocycles. The van der Waals surface area contributed by atoms with Crippen LogP contribution in [0.2, 0.25) is 0 Å². The molecule has 2 unspecified atom stereocenters. The Kier molecular flexibility index (Phi) is 3.88. The Morgan fingerprint density at radius 2 is 2.00 bits per heavy atom. The van der Waals surface area contributed by atoms with Crippen molar-refractivity contribution in [2.24, 2.45) is 5.92 Å². The van der Waals surface area contributed by atoms with Crippen molar-refractivity contribution in [3.05, 3.63) is 0 Å². The second-order valence-corrected chi connectivity index (χ2v) is 5.65. The first-order valence-corrected chi connectivity index (χ1v) is 6.69. The van der Waals surface area contributed by atoms with E-state index in [4.69, 9.17) is 5.11 Å². The van der Waals surface area contributed by atoms with E-state index < -0.39 is 17.7 Å². The molecule has 0 aliphatic heterocycles. The number of alkyl halides is 1. The van der Waals surface area contributed by atoms with Crippen molar-refractivity contribution in [3.63, 3.8) is 0 Å². The van der Waals surface area contributed by atoms with E-state index in [0.717, 1.165) is 32.1 Å². The van der Waals surface area contributed by atoms with Gasteiger partial charge in [-0.3, -0.25) is 9.59 Å². The number of carbonyl (C=O) groups excluding carboxylic acids is 1. The van der Waals surface area contributed by atoms with Gasteiger partial charge in [0, 0.05) is 5.92 Å². The molecule has 0 spiro atoms. The van der Waals surface area contributed by atoms with Crippen molar-refractivity contribution in [3.8, 4) is 0 Å². The zero-order chi connectivity index (χ0) is 13.2. The summed E-state index contributed by atoms with van der Waals surface area (Å²) in [7, 11) is 0. The molecule has 102 valence electrons. The van der Waals surface area contributed by atoms with Gasteiger partial charge in [0.25, 0.3) is 0 Å². The number of hydrogen-bond acceptors (Lipinski definition) is 2. The Bertz CT molecular complexity index is 341. The molecule has 5 heteroatoms. The maximum absolute atomic E-state index is 13.3. The lowest BCUT2D eigenvalue weighted by Crippen LogP contribution is -2.56. The molecule has 4 nitrogen and oxygen atoms in total. The predicted octanol–water partition coefficient (Wildman–Crippen LogP) is 2.03. The summed E-state index contributed by atoms with van der Waals surface area (Å²) in [5.41, 5.74) is -0.563. The average Bonchev–Trinajstić information content (AvgIpc) is 2.25. The monoisotopic (exact) mass is 257 g/mol. The van der Waals surface area contributed by atoms with E-state index in [-0.39, 0.29) is 24.7 Å². The van der Waals surface area contributed by atoms with Crippen LogP contribution < -0.4 is 5.32 Å². The van der Waals surface area contributed by atoms with Gasteiger partial charge in [0.2, 0.25) is 5.91 Å². The number of rotatable bonds is 4. The van der Waals surface area contributed by atoms with E-state index >= 15 is 0 Å². The van der Waals surface area contributed by atoms with Gasteiger partial charge in [0.05, 0.1) is 12.0 Å². The van der Waals surface area contributed by atoms with Gasteiger partial charge in [0.1, 0.15) is 6.17 Å². The Labute approximate surface area is 106 Å². The van der Waals surface area contributed by atoms with E-state index in [1.807, 2.05) is 0 Å². The Balaban J connectivity index is 1.91. The highest BCUT2D eigenvalue weighted by molar-refractivity contribution is 5.81. The topological polar surface area (TPSA) is 66.4 Å². The van der Waals surface area contributed by atoms with Crippen molar-refractivity contribution in [2.45, 2.75) is 63.1 Å². The van der Waals surface area contributed by atoms with Gasteiger partial charge in [-0.1, -0.05) is 0 Å². The fourth-order valence-corrected chi connectivity index (χ4v) is 2.97. The van der Waals surface area contributed by atoms with E-state index in [9.17, 15) is 14.0 Å². The largest absolute Gasteiger partial charge is 0.481 e. The van der Waals surface area contributed by atoms with Crippen LogP contribution in [0.25, 0.3) is 0 Å². The van der Waals surface area contributed by atoms with Crippen molar-refractivity contribution < 1.29 is 19.1 Å². The molecule has 0 radical (unpaired) electrons. The van der Waals surface area contributed by atoms with Crippen LogP contribution >= 0.6 is 0 Å². The van der Waals surface area contributed by atoms with Gasteiger partial charge in [-0.05, 0) is 44.9 Å². The quantitative estimate of drug-likeness (QED) is 0.809. The summed E-state index contributed by atoms with van der Waals surface area (Å²) in [5, 5.41) is 11.7. The fraction of sp³-hybridized carbons (Fsp3) is 0.846. The van der Waals surface area contributed by atoms with Crippen LogP contribution in [0.5, 0.6) is 0 Å². The average molecular weight is 257 g/mol. The lowest BCUT2D eigenvalue weighted by Gasteiger charge is -2.42. The van der Waals surface area contributed by atoms with E-state index in [0.29, 0.717) is 6.42 Å². The predicted molar refractivity (Wildman–Crippen MR) is 63.8 cm³/mol. The normalized spacial score (nSPS) is 30.3. The second-order valence-electron chi connectivity index (χ2n) is 5.65. The summed E-state index contributed by atoms with van der Waals surface area (Å²) in [5.74, 6) is -1.32. The summed E-state index contributed by atoms with van der Waals surface area (Å²) in [6.45, 7) is 0. The van der Waals surface area contributed by atoms with Crippen LogP contribution in [0, 0.1) is 5.92 Å². The third kappa shape index (κ3) is 3.00. The number of halogens is 1. The Hall–Kier alpha value is -1.13. The van der Waals surface area contributed by atoms with Gasteiger partial charge in [0.15, 0.2) is 0 Å². The van der Waals surface area contributed by atoms with Crippen LogP contribution in [-0.2, 0) is 9.59 Å². The molecule has 2 N–H and O–H groups in total. The molecule has 0 aromatic rings. The van der Waals surface area contributed by atoms with Gasteiger partial charge >= 0.3 is 5.97 Å². The minimum absolute atomic E-state index is 0.0233. The zero-order valence-corrected chi connectivity index (χ0v) is 10.5. The Morgan fingerprint density at radius 3 is 2.50 bits per heavy atom. The molecule has 2 atom stereocenters. The number of carbonyl (C=O) groups is 2. The lowest BCUT2D eigenvalue weighted by molar-refractivity contribution is -0.141.